The highest BCUT2D eigenvalue weighted by atomic mass is 35.5. The van der Waals surface area contributed by atoms with Crippen LogP contribution in [0.25, 0.3) is 0 Å². The average Bonchev–Trinajstić information content (AvgIpc) is 2.96. The molecular formula is C15H18ClN3O2S2. The fourth-order valence-corrected chi connectivity index (χ4v) is 3.67. The van der Waals surface area contributed by atoms with Crippen molar-refractivity contribution in [1.29, 1.82) is 0 Å². The Hall–Kier alpha value is -1.31. The lowest BCUT2D eigenvalue weighted by Crippen LogP contribution is -2.20. The molecule has 2 rings (SSSR count). The molecule has 1 aromatic carbocycles. The molecule has 0 radical (unpaired) electrons. The number of unbranched alkanes of at least 4 members (excludes halogenated alkanes) is 1. The van der Waals surface area contributed by atoms with E-state index in [1.165, 1.54) is 11.3 Å². The van der Waals surface area contributed by atoms with E-state index in [2.05, 4.69) is 22.4 Å². The molecule has 8 heteroatoms. The number of ether oxygens (including phenoxy) is 1. The number of carbonyl (C=O) groups excluding carboxylic acids is 1. The molecule has 0 fully saturated rings. The second-order valence-electron chi connectivity index (χ2n) is 4.82. The quantitative estimate of drug-likeness (QED) is 0.423. The SMILES string of the molecule is CCCCSc1nnc(NC(=O)COc2ccc(Cl)c(C)c2)s1. The summed E-state index contributed by atoms with van der Waals surface area (Å²) in [5.41, 5.74) is 0.905. The molecule has 2 aromatic rings. The van der Waals surface area contributed by atoms with Crippen molar-refractivity contribution in [2.45, 2.75) is 31.0 Å². The van der Waals surface area contributed by atoms with Crippen LogP contribution in [0.1, 0.15) is 25.3 Å². The van der Waals surface area contributed by atoms with Crippen LogP contribution >= 0.6 is 34.7 Å². The number of hydrogen-bond donors (Lipinski definition) is 1. The highest BCUT2D eigenvalue weighted by Gasteiger charge is 2.09. The summed E-state index contributed by atoms with van der Waals surface area (Å²) in [4.78, 5) is 11.9. The van der Waals surface area contributed by atoms with Crippen LogP contribution in [0.15, 0.2) is 22.5 Å². The van der Waals surface area contributed by atoms with E-state index in [0.717, 1.165) is 28.5 Å². The number of thioether (sulfide) groups is 1. The fraction of sp³-hybridized carbons (Fsp3) is 0.400. The maximum Gasteiger partial charge on any atom is 0.264 e. The molecule has 0 aliphatic heterocycles. The molecule has 124 valence electrons. The standard InChI is InChI=1S/C15H18ClN3O2S2/c1-3-4-7-22-15-19-18-14(23-15)17-13(20)9-21-11-5-6-12(16)10(2)8-11/h5-6,8H,3-4,7,9H2,1-2H3,(H,17,18,20). The molecule has 0 saturated heterocycles. The number of aryl methyl sites for hydroxylation is 1. The molecule has 0 saturated carbocycles. The third-order valence-corrected chi connectivity index (χ3v) is 5.36. The van der Waals surface area contributed by atoms with E-state index in [4.69, 9.17) is 16.3 Å². The van der Waals surface area contributed by atoms with Gasteiger partial charge in [0.25, 0.3) is 5.91 Å². The van der Waals surface area contributed by atoms with Gasteiger partial charge in [0.1, 0.15) is 5.75 Å². The van der Waals surface area contributed by atoms with Gasteiger partial charge >= 0.3 is 0 Å². The lowest BCUT2D eigenvalue weighted by Gasteiger charge is -2.07. The van der Waals surface area contributed by atoms with Gasteiger partial charge in [-0.3, -0.25) is 10.1 Å². The van der Waals surface area contributed by atoms with Crippen molar-refractivity contribution in [2.24, 2.45) is 0 Å². The normalized spacial score (nSPS) is 10.6. The van der Waals surface area contributed by atoms with Gasteiger partial charge in [0.05, 0.1) is 0 Å². The third-order valence-electron chi connectivity index (χ3n) is 2.88. The van der Waals surface area contributed by atoms with E-state index < -0.39 is 0 Å². The fourth-order valence-electron chi connectivity index (χ4n) is 1.63. The van der Waals surface area contributed by atoms with E-state index in [1.54, 1.807) is 30.0 Å². The molecule has 23 heavy (non-hydrogen) atoms. The topological polar surface area (TPSA) is 64.1 Å². The second kappa shape index (κ2) is 9.10. The highest BCUT2D eigenvalue weighted by molar-refractivity contribution is 8.01. The van der Waals surface area contributed by atoms with E-state index >= 15 is 0 Å². The molecule has 1 heterocycles. The highest BCUT2D eigenvalue weighted by Crippen LogP contribution is 2.26. The van der Waals surface area contributed by atoms with Crippen LogP contribution < -0.4 is 10.1 Å². The van der Waals surface area contributed by atoms with Gasteiger partial charge in [0, 0.05) is 10.8 Å². The van der Waals surface area contributed by atoms with Crippen molar-refractivity contribution < 1.29 is 9.53 Å². The number of benzene rings is 1. The molecule has 0 atom stereocenters. The first kappa shape index (κ1) is 18.0. The van der Waals surface area contributed by atoms with Crippen molar-refractivity contribution in [1.82, 2.24) is 10.2 Å². The summed E-state index contributed by atoms with van der Waals surface area (Å²) < 4.78 is 6.31. The number of hydrogen-bond acceptors (Lipinski definition) is 6. The Labute approximate surface area is 148 Å². The zero-order valence-corrected chi connectivity index (χ0v) is 15.4. The first-order valence-electron chi connectivity index (χ1n) is 7.23. The van der Waals surface area contributed by atoms with Crippen LogP contribution in [-0.2, 0) is 4.79 Å². The van der Waals surface area contributed by atoms with Crippen molar-refractivity contribution in [2.75, 3.05) is 17.7 Å². The monoisotopic (exact) mass is 371 g/mol. The van der Waals surface area contributed by atoms with Gasteiger partial charge in [-0.1, -0.05) is 48.0 Å². The number of halogens is 1. The van der Waals surface area contributed by atoms with Crippen molar-refractivity contribution in [3.8, 4) is 5.75 Å². The second-order valence-corrected chi connectivity index (χ2v) is 7.55. The Kier molecular flexibility index (Phi) is 7.14. The van der Waals surface area contributed by atoms with E-state index in [9.17, 15) is 4.79 Å². The smallest absolute Gasteiger partial charge is 0.264 e. The predicted octanol–water partition coefficient (Wildman–Crippen LogP) is 4.41. The summed E-state index contributed by atoms with van der Waals surface area (Å²) in [6, 6.07) is 5.27. The number of anilines is 1. The van der Waals surface area contributed by atoms with Gasteiger partial charge in [0.15, 0.2) is 10.9 Å². The van der Waals surface area contributed by atoms with Gasteiger partial charge in [0.2, 0.25) is 5.13 Å². The van der Waals surface area contributed by atoms with Crippen LogP contribution in [0.2, 0.25) is 5.02 Å². The summed E-state index contributed by atoms with van der Waals surface area (Å²) >= 11 is 8.98. The Morgan fingerprint density at radius 1 is 1.43 bits per heavy atom. The van der Waals surface area contributed by atoms with Crippen LogP contribution in [0, 0.1) is 6.92 Å². The lowest BCUT2D eigenvalue weighted by atomic mass is 10.2. The van der Waals surface area contributed by atoms with Gasteiger partial charge < -0.3 is 4.74 Å². The van der Waals surface area contributed by atoms with Crippen LogP contribution in [-0.4, -0.2) is 28.5 Å². The summed E-state index contributed by atoms with van der Waals surface area (Å²) in [6.07, 6.45) is 2.29. The van der Waals surface area contributed by atoms with Crippen molar-refractivity contribution in [3.63, 3.8) is 0 Å². The van der Waals surface area contributed by atoms with E-state index in [0.29, 0.717) is 15.9 Å². The summed E-state index contributed by atoms with van der Waals surface area (Å²) in [7, 11) is 0. The van der Waals surface area contributed by atoms with Crippen molar-refractivity contribution in [3.05, 3.63) is 28.8 Å². The number of aromatic nitrogens is 2. The molecule has 1 aromatic heterocycles. The molecular weight excluding hydrogens is 354 g/mol. The van der Waals surface area contributed by atoms with Gasteiger partial charge in [-0.25, -0.2) is 0 Å². The lowest BCUT2D eigenvalue weighted by molar-refractivity contribution is -0.118. The van der Waals surface area contributed by atoms with Crippen LogP contribution in [0.3, 0.4) is 0 Å². The predicted molar refractivity (Wildman–Crippen MR) is 95.9 cm³/mol. The molecule has 0 bridgehead atoms. The molecule has 1 amide bonds. The summed E-state index contributed by atoms with van der Waals surface area (Å²) in [5.74, 6) is 1.35. The maximum absolute atomic E-state index is 11.9. The Morgan fingerprint density at radius 3 is 3.00 bits per heavy atom. The first-order valence-corrected chi connectivity index (χ1v) is 9.41. The molecule has 0 unspecified atom stereocenters. The summed E-state index contributed by atoms with van der Waals surface area (Å²) in [6.45, 7) is 3.95. The van der Waals surface area contributed by atoms with E-state index in [-0.39, 0.29) is 12.5 Å². The zero-order valence-electron chi connectivity index (χ0n) is 13.0. The Balaban J connectivity index is 1.79. The van der Waals surface area contributed by atoms with Gasteiger partial charge in [-0.05, 0) is 37.1 Å². The first-order chi connectivity index (χ1) is 11.1. The molecule has 5 nitrogen and oxygen atoms in total. The maximum atomic E-state index is 11.9. The molecule has 1 N–H and O–H groups in total. The summed E-state index contributed by atoms with van der Waals surface area (Å²) in [5, 5.41) is 11.9. The molecule has 0 aliphatic carbocycles. The number of amides is 1. The third kappa shape index (κ3) is 6.01. The van der Waals surface area contributed by atoms with Crippen molar-refractivity contribution >= 4 is 45.7 Å². The number of carbonyl (C=O) groups is 1. The zero-order chi connectivity index (χ0) is 16.7. The molecule has 0 spiro atoms. The minimum absolute atomic E-state index is 0.0844. The van der Waals surface area contributed by atoms with Gasteiger partial charge in [-0.15, -0.1) is 10.2 Å². The number of nitrogens with zero attached hydrogens (tertiary/aromatic N) is 2. The van der Waals surface area contributed by atoms with Gasteiger partial charge in [-0.2, -0.15) is 0 Å². The molecule has 0 aliphatic rings. The van der Waals surface area contributed by atoms with E-state index in [1.807, 2.05) is 6.92 Å². The number of nitrogens with one attached hydrogen (secondary N) is 1. The minimum atomic E-state index is -0.265. The Morgan fingerprint density at radius 2 is 2.26 bits per heavy atom. The van der Waals surface area contributed by atoms with Crippen LogP contribution in [0.4, 0.5) is 5.13 Å². The number of rotatable bonds is 8. The average molecular weight is 372 g/mol. The largest absolute Gasteiger partial charge is 0.484 e. The minimum Gasteiger partial charge on any atom is -0.484 e. The van der Waals surface area contributed by atoms with Crippen LogP contribution in [0.5, 0.6) is 5.75 Å². The Bertz CT molecular complexity index is 664.